The van der Waals surface area contributed by atoms with Crippen LogP contribution in [-0.2, 0) is 16.1 Å². The van der Waals surface area contributed by atoms with Crippen molar-refractivity contribution >= 4 is 35.0 Å². The highest BCUT2D eigenvalue weighted by Crippen LogP contribution is 2.24. The van der Waals surface area contributed by atoms with Gasteiger partial charge in [-0.25, -0.2) is 9.78 Å². The second-order valence-corrected chi connectivity index (χ2v) is 7.47. The number of amides is 1. The molecule has 0 aliphatic heterocycles. The van der Waals surface area contributed by atoms with E-state index in [2.05, 4.69) is 10.3 Å². The van der Waals surface area contributed by atoms with E-state index in [1.165, 1.54) is 26.4 Å². The van der Waals surface area contributed by atoms with Gasteiger partial charge in [-0.2, -0.15) is 0 Å². The third-order valence-electron chi connectivity index (χ3n) is 4.27. The zero-order valence-corrected chi connectivity index (χ0v) is 18.2. The van der Waals surface area contributed by atoms with Crippen LogP contribution < -0.4 is 14.8 Å². The smallest absolute Gasteiger partial charge is 0.340 e. The summed E-state index contributed by atoms with van der Waals surface area (Å²) in [5.74, 6) is 0.140. The Hall–Kier alpha value is -3.65. The summed E-state index contributed by atoms with van der Waals surface area (Å²) in [5, 5.41) is 5.63. The number of ether oxygens (including phenoxy) is 3. The van der Waals surface area contributed by atoms with E-state index in [-0.39, 0.29) is 5.56 Å². The number of anilines is 1. The molecule has 31 heavy (non-hydrogen) atoms. The molecule has 2 aromatic carbocycles. The average Bonchev–Trinajstić information content (AvgIpc) is 3.21. The van der Waals surface area contributed by atoms with Gasteiger partial charge in [0.25, 0.3) is 0 Å². The van der Waals surface area contributed by atoms with Crippen LogP contribution in [0.25, 0.3) is 6.08 Å². The first kappa shape index (κ1) is 22.0. The van der Waals surface area contributed by atoms with Gasteiger partial charge in [-0.15, -0.1) is 11.3 Å². The van der Waals surface area contributed by atoms with E-state index < -0.39 is 11.9 Å². The second kappa shape index (κ2) is 10.4. The van der Waals surface area contributed by atoms with Crippen LogP contribution in [-0.4, -0.2) is 31.1 Å². The number of esters is 1. The first-order chi connectivity index (χ1) is 15.0. The topological polar surface area (TPSA) is 86.8 Å². The lowest BCUT2D eigenvalue weighted by Gasteiger charge is -2.10. The van der Waals surface area contributed by atoms with E-state index in [9.17, 15) is 9.59 Å². The zero-order chi connectivity index (χ0) is 22.2. The highest BCUT2D eigenvalue weighted by atomic mass is 32.1. The fraction of sp³-hybridized carbons (Fsp3) is 0.174. The highest BCUT2D eigenvalue weighted by molar-refractivity contribution is 7.09. The van der Waals surface area contributed by atoms with Crippen LogP contribution in [0.1, 0.15) is 26.6 Å². The molecule has 7 nitrogen and oxygen atoms in total. The van der Waals surface area contributed by atoms with Crippen molar-refractivity contribution < 1.29 is 23.8 Å². The van der Waals surface area contributed by atoms with Gasteiger partial charge in [-0.1, -0.05) is 18.2 Å². The molecule has 0 radical (unpaired) electrons. The number of carbonyl (C=O) groups excluding carboxylic acids is 2. The van der Waals surface area contributed by atoms with E-state index in [4.69, 9.17) is 14.2 Å². The molecule has 1 aromatic heterocycles. The number of carbonyl (C=O) groups is 2. The van der Waals surface area contributed by atoms with E-state index in [0.29, 0.717) is 23.8 Å². The molecule has 1 amide bonds. The predicted molar refractivity (Wildman–Crippen MR) is 120 cm³/mol. The minimum atomic E-state index is -0.575. The van der Waals surface area contributed by atoms with E-state index >= 15 is 0 Å². The fourth-order valence-electron chi connectivity index (χ4n) is 2.75. The summed E-state index contributed by atoms with van der Waals surface area (Å²) < 4.78 is 15.8. The number of nitrogens with one attached hydrogen (secondary N) is 1. The van der Waals surface area contributed by atoms with Crippen LogP contribution >= 0.6 is 11.3 Å². The lowest BCUT2D eigenvalue weighted by Crippen LogP contribution is -2.13. The molecule has 3 rings (SSSR count). The molecule has 0 spiro atoms. The number of aromatic nitrogens is 1. The summed E-state index contributed by atoms with van der Waals surface area (Å²) in [6, 6.07) is 12.1. The molecule has 0 unspecified atom stereocenters. The van der Waals surface area contributed by atoms with Gasteiger partial charge in [-0.3, -0.25) is 4.79 Å². The van der Waals surface area contributed by atoms with Crippen molar-refractivity contribution in [2.24, 2.45) is 0 Å². The lowest BCUT2D eigenvalue weighted by atomic mass is 10.1. The number of thiazole rings is 1. The molecule has 0 atom stereocenters. The Kier molecular flexibility index (Phi) is 7.40. The minimum Gasteiger partial charge on any atom is -0.497 e. The molecule has 0 saturated carbocycles. The maximum atomic E-state index is 12.5. The molecular formula is C23H22N2O5S. The Balaban J connectivity index is 1.71. The number of nitrogens with zero attached hydrogens (tertiary/aromatic N) is 1. The maximum absolute atomic E-state index is 12.5. The van der Waals surface area contributed by atoms with Gasteiger partial charge < -0.3 is 19.5 Å². The van der Waals surface area contributed by atoms with Crippen molar-refractivity contribution in [3.05, 3.63) is 75.7 Å². The van der Waals surface area contributed by atoms with E-state index in [1.54, 1.807) is 29.5 Å². The lowest BCUT2D eigenvalue weighted by molar-refractivity contribution is -0.111. The van der Waals surface area contributed by atoms with Gasteiger partial charge in [0.05, 0.1) is 36.2 Å². The average molecular weight is 439 g/mol. The normalized spacial score (nSPS) is 10.7. The van der Waals surface area contributed by atoms with Gasteiger partial charge in [0.1, 0.15) is 18.1 Å². The van der Waals surface area contributed by atoms with Crippen molar-refractivity contribution in [1.82, 2.24) is 4.98 Å². The summed E-state index contributed by atoms with van der Waals surface area (Å²) in [5.41, 5.74) is 2.12. The number of benzene rings is 2. The number of methoxy groups -OCH3 is 2. The fourth-order valence-corrected chi connectivity index (χ4v) is 3.35. The molecule has 1 heterocycles. The monoisotopic (exact) mass is 438 g/mol. The summed E-state index contributed by atoms with van der Waals surface area (Å²) >= 11 is 1.57. The van der Waals surface area contributed by atoms with Crippen molar-refractivity contribution in [2.45, 2.75) is 13.5 Å². The van der Waals surface area contributed by atoms with Crippen LogP contribution in [0.5, 0.6) is 11.5 Å². The van der Waals surface area contributed by atoms with Crippen LogP contribution in [0.15, 0.2) is 53.9 Å². The molecule has 0 saturated heterocycles. The molecule has 0 fully saturated rings. The Morgan fingerprint density at radius 3 is 2.68 bits per heavy atom. The van der Waals surface area contributed by atoms with Gasteiger partial charge in [0, 0.05) is 17.0 Å². The number of para-hydroxylation sites is 1. The largest absolute Gasteiger partial charge is 0.497 e. The molecule has 1 N–H and O–H groups in total. The van der Waals surface area contributed by atoms with Crippen LogP contribution in [0, 0.1) is 6.92 Å². The standard InChI is InChI=1S/C23H22N2O5S/c1-15-24-17(14-31-15)13-30-21-7-5-4-6-16(21)8-11-22(26)25-20-10-9-18(28-2)12-19(20)23(27)29-3/h4-12,14H,13H2,1-3H3,(H,25,26)/b11-8+. The summed E-state index contributed by atoms with van der Waals surface area (Å²) in [7, 11) is 2.77. The maximum Gasteiger partial charge on any atom is 0.340 e. The van der Waals surface area contributed by atoms with Gasteiger partial charge in [0.15, 0.2) is 0 Å². The van der Waals surface area contributed by atoms with E-state index in [0.717, 1.165) is 16.3 Å². The SMILES string of the molecule is COC(=O)c1cc(OC)ccc1NC(=O)/C=C/c1ccccc1OCc1csc(C)n1. The summed E-state index contributed by atoms with van der Waals surface area (Å²) in [6.45, 7) is 2.29. The number of hydrogen-bond acceptors (Lipinski definition) is 7. The van der Waals surface area contributed by atoms with Crippen LogP contribution in [0.4, 0.5) is 5.69 Å². The van der Waals surface area contributed by atoms with E-state index in [1.807, 2.05) is 36.6 Å². The number of hydrogen-bond donors (Lipinski definition) is 1. The number of rotatable bonds is 8. The first-order valence-electron chi connectivity index (χ1n) is 9.38. The highest BCUT2D eigenvalue weighted by Gasteiger charge is 2.14. The first-order valence-corrected chi connectivity index (χ1v) is 10.3. The zero-order valence-electron chi connectivity index (χ0n) is 17.4. The molecule has 8 heteroatoms. The predicted octanol–water partition coefficient (Wildman–Crippen LogP) is 4.48. The molecular weight excluding hydrogens is 416 g/mol. The molecule has 0 aliphatic rings. The Bertz CT molecular complexity index is 1110. The van der Waals surface area contributed by atoms with Crippen molar-refractivity contribution in [3.63, 3.8) is 0 Å². The summed E-state index contributed by atoms with van der Waals surface area (Å²) in [4.78, 5) is 28.9. The quantitative estimate of drug-likeness (QED) is 0.412. The van der Waals surface area contributed by atoms with Crippen LogP contribution in [0.3, 0.4) is 0 Å². The summed E-state index contributed by atoms with van der Waals surface area (Å²) in [6.07, 6.45) is 3.03. The minimum absolute atomic E-state index is 0.200. The molecule has 0 aliphatic carbocycles. The van der Waals surface area contributed by atoms with Gasteiger partial charge in [-0.05, 0) is 37.3 Å². The molecule has 0 bridgehead atoms. The Morgan fingerprint density at radius 2 is 1.97 bits per heavy atom. The van der Waals surface area contributed by atoms with Crippen LogP contribution in [0.2, 0.25) is 0 Å². The van der Waals surface area contributed by atoms with Gasteiger partial charge >= 0.3 is 5.97 Å². The Morgan fingerprint density at radius 1 is 1.16 bits per heavy atom. The van der Waals surface area contributed by atoms with Crippen molar-refractivity contribution in [3.8, 4) is 11.5 Å². The number of aryl methyl sites for hydroxylation is 1. The van der Waals surface area contributed by atoms with Crippen molar-refractivity contribution in [2.75, 3.05) is 19.5 Å². The van der Waals surface area contributed by atoms with Gasteiger partial charge in [0.2, 0.25) is 5.91 Å². The second-order valence-electron chi connectivity index (χ2n) is 6.41. The Labute approximate surface area is 184 Å². The third kappa shape index (κ3) is 5.93. The van der Waals surface area contributed by atoms with Crippen molar-refractivity contribution in [1.29, 1.82) is 0 Å². The third-order valence-corrected chi connectivity index (χ3v) is 5.09. The molecule has 3 aromatic rings. The molecule has 160 valence electrons.